The number of ether oxygens (including phenoxy) is 1. The van der Waals surface area contributed by atoms with E-state index in [9.17, 15) is 9.18 Å². The van der Waals surface area contributed by atoms with Crippen molar-refractivity contribution in [3.8, 4) is 5.75 Å². The van der Waals surface area contributed by atoms with Gasteiger partial charge in [-0.25, -0.2) is 4.39 Å². The Morgan fingerprint density at radius 2 is 2.05 bits per heavy atom. The summed E-state index contributed by atoms with van der Waals surface area (Å²) in [4.78, 5) is 13.9. The van der Waals surface area contributed by atoms with Gasteiger partial charge in [0.15, 0.2) is 0 Å². The van der Waals surface area contributed by atoms with Gasteiger partial charge in [-0.05, 0) is 38.1 Å². The molecule has 0 spiro atoms. The number of nitrogens with one attached hydrogen (secondary N) is 1. The van der Waals surface area contributed by atoms with Crippen molar-refractivity contribution in [2.45, 2.75) is 18.9 Å². The third-order valence-corrected chi connectivity index (χ3v) is 3.58. The number of hydrogen-bond acceptors (Lipinski definition) is 3. The number of hydrogen-bond donors (Lipinski definition) is 1. The van der Waals surface area contributed by atoms with Crippen LogP contribution >= 0.6 is 12.4 Å². The fourth-order valence-electron chi connectivity index (χ4n) is 2.35. The lowest BCUT2D eigenvalue weighted by Gasteiger charge is -2.31. The maximum absolute atomic E-state index is 13.9. The Balaban J connectivity index is 0.00000200. The average molecular weight is 303 g/mol. The minimum Gasteiger partial charge on any atom is -0.497 e. The fraction of sp³-hybridized carbons (Fsp3) is 0.500. The molecule has 0 radical (unpaired) electrons. The van der Waals surface area contributed by atoms with Crippen molar-refractivity contribution >= 4 is 18.3 Å². The van der Waals surface area contributed by atoms with Crippen LogP contribution in [0.1, 0.15) is 23.2 Å². The summed E-state index contributed by atoms with van der Waals surface area (Å²) in [5, 5.41) is 3.25. The predicted octanol–water partition coefficient (Wildman–Crippen LogP) is 2.08. The van der Waals surface area contributed by atoms with Gasteiger partial charge in [-0.3, -0.25) is 4.79 Å². The van der Waals surface area contributed by atoms with Gasteiger partial charge in [0, 0.05) is 19.2 Å². The molecule has 1 aliphatic heterocycles. The van der Waals surface area contributed by atoms with E-state index >= 15 is 0 Å². The third kappa shape index (κ3) is 3.61. The van der Waals surface area contributed by atoms with E-state index in [1.165, 1.54) is 19.2 Å². The predicted molar refractivity (Wildman–Crippen MR) is 78.2 cm³/mol. The number of carbonyl (C=O) groups is 1. The summed E-state index contributed by atoms with van der Waals surface area (Å²) in [6.07, 6.45) is 1.81. The fourth-order valence-corrected chi connectivity index (χ4v) is 2.35. The molecule has 2 rings (SSSR count). The first-order chi connectivity index (χ1) is 9.13. The van der Waals surface area contributed by atoms with Gasteiger partial charge in [-0.2, -0.15) is 0 Å². The molecule has 20 heavy (non-hydrogen) atoms. The molecule has 112 valence electrons. The summed E-state index contributed by atoms with van der Waals surface area (Å²) < 4.78 is 18.8. The van der Waals surface area contributed by atoms with E-state index in [4.69, 9.17) is 4.74 Å². The molecule has 0 aliphatic carbocycles. The summed E-state index contributed by atoms with van der Waals surface area (Å²) >= 11 is 0. The number of rotatable bonds is 3. The van der Waals surface area contributed by atoms with E-state index in [0.29, 0.717) is 5.75 Å². The van der Waals surface area contributed by atoms with Gasteiger partial charge in [-0.1, -0.05) is 0 Å². The van der Waals surface area contributed by atoms with E-state index in [-0.39, 0.29) is 29.9 Å². The normalized spacial score (nSPS) is 15.3. The van der Waals surface area contributed by atoms with Crippen molar-refractivity contribution in [3.05, 3.63) is 29.6 Å². The van der Waals surface area contributed by atoms with Gasteiger partial charge in [0.05, 0.1) is 12.7 Å². The number of carbonyl (C=O) groups excluding carboxylic acids is 1. The van der Waals surface area contributed by atoms with Crippen molar-refractivity contribution < 1.29 is 13.9 Å². The van der Waals surface area contributed by atoms with E-state index in [1.807, 2.05) is 0 Å². The van der Waals surface area contributed by atoms with Gasteiger partial charge in [-0.15, -0.1) is 12.4 Å². The molecular formula is C14H20ClFN2O2. The Morgan fingerprint density at radius 3 is 2.60 bits per heavy atom. The Morgan fingerprint density at radius 1 is 1.40 bits per heavy atom. The molecular weight excluding hydrogens is 283 g/mol. The van der Waals surface area contributed by atoms with E-state index in [0.717, 1.165) is 25.9 Å². The van der Waals surface area contributed by atoms with Crippen LogP contribution in [0, 0.1) is 5.82 Å². The second kappa shape index (κ2) is 7.45. The van der Waals surface area contributed by atoms with Gasteiger partial charge in [0.2, 0.25) is 0 Å². The van der Waals surface area contributed by atoms with Crippen LogP contribution in [0.3, 0.4) is 0 Å². The van der Waals surface area contributed by atoms with Crippen LogP contribution in [0.5, 0.6) is 5.75 Å². The van der Waals surface area contributed by atoms with Gasteiger partial charge < -0.3 is 15.0 Å². The lowest BCUT2D eigenvalue weighted by molar-refractivity contribution is 0.0698. The zero-order valence-corrected chi connectivity index (χ0v) is 12.5. The molecule has 1 saturated heterocycles. The quantitative estimate of drug-likeness (QED) is 0.929. The lowest BCUT2D eigenvalue weighted by atomic mass is 10.0. The molecule has 1 amide bonds. The third-order valence-electron chi connectivity index (χ3n) is 3.58. The SMILES string of the molecule is COc1ccc(C(=O)N(C)C2CCNCC2)c(F)c1.Cl. The molecule has 0 atom stereocenters. The highest BCUT2D eigenvalue weighted by atomic mass is 35.5. The maximum atomic E-state index is 13.9. The monoisotopic (exact) mass is 302 g/mol. The average Bonchev–Trinajstić information content (AvgIpc) is 2.46. The van der Waals surface area contributed by atoms with Gasteiger partial charge in [0.1, 0.15) is 11.6 Å². The highest BCUT2D eigenvalue weighted by molar-refractivity contribution is 5.94. The highest BCUT2D eigenvalue weighted by Gasteiger charge is 2.24. The molecule has 0 unspecified atom stereocenters. The summed E-state index contributed by atoms with van der Waals surface area (Å²) in [7, 11) is 3.21. The van der Waals surface area contributed by atoms with Crippen molar-refractivity contribution in [2.24, 2.45) is 0 Å². The first-order valence-electron chi connectivity index (χ1n) is 6.45. The van der Waals surface area contributed by atoms with E-state index in [2.05, 4.69) is 5.32 Å². The largest absolute Gasteiger partial charge is 0.497 e. The molecule has 1 aliphatic rings. The van der Waals surface area contributed by atoms with Crippen LogP contribution in [-0.2, 0) is 0 Å². The number of piperidine rings is 1. The standard InChI is InChI=1S/C14H19FN2O2.ClH/c1-17(10-5-7-16-8-6-10)14(18)12-4-3-11(19-2)9-13(12)15;/h3-4,9-10,16H,5-8H2,1-2H3;1H. The van der Waals surface area contributed by atoms with Crippen LogP contribution in [0.4, 0.5) is 4.39 Å². The smallest absolute Gasteiger partial charge is 0.256 e. The van der Waals surface area contributed by atoms with Gasteiger partial charge >= 0.3 is 0 Å². The minimum atomic E-state index is -0.537. The molecule has 6 heteroatoms. The Bertz CT molecular complexity index is 464. The van der Waals surface area contributed by atoms with Crippen LogP contribution < -0.4 is 10.1 Å². The second-order valence-corrected chi connectivity index (χ2v) is 4.74. The van der Waals surface area contributed by atoms with E-state index < -0.39 is 5.82 Å². The number of nitrogens with zero attached hydrogens (tertiary/aromatic N) is 1. The molecule has 0 aromatic heterocycles. The molecule has 1 fully saturated rings. The Hall–Kier alpha value is -1.33. The first kappa shape index (κ1) is 16.7. The second-order valence-electron chi connectivity index (χ2n) is 4.74. The van der Waals surface area contributed by atoms with Gasteiger partial charge in [0.25, 0.3) is 5.91 Å². The number of halogens is 2. The molecule has 0 bridgehead atoms. The number of benzene rings is 1. The van der Waals surface area contributed by atoms with Crippen molar-refractivity contribution in [2.75, 3.05) is 27.2 Å². The van der Waals surface area contributed by atoms with Crippen LogP contribution in [0.2, 0.25) is 0 Å². The van der Waals surface area contributed by atoms with Crippen molar-refractivity contribution in [1.82, 2.24) is 10.2 Å². The summed E-state index contributed by atoms with van der Waals surface area (Å²) in [6.45, 7) is 1.79. The first-order valence-corrected chi connectivity index (χ1v) is 6.45. The Kier molecular flexibility index (Phi) is 6.23. The number of amides is 1. The highest BCUT2D eigenvalue weighted by Crippen LogP contribution is 2.19. The van der Waals surface area contributed by atoms with Crippen LogP contribution in [0.15, 0.2) is 18.2 Å². The molecule has 4 nitrogen and oxygen atoms in total. The zero-order chi connectivity index (χ0) is 13.8. The van der Waals surface area contributed by atoms with Crippen LogP contribution in [-0.4, -0.2) is 44.1 Å². The minimum absolute atomic E-state index is 0. The molecule has 1 aromatic carbocycles. The van der Waals surface area contributed by atoms with Crippen LogP contribution in [0.25, 0.3) is 0 Å². The lowest BCUT2D eigenvalue weighted by Crippen LogP contribution is -2.44. The zero-order valence-electron chi connectivity index (χ0n) is 11.7. The Labute approximate surface area is 124 Å². The molecule has 0 saturated carbocycles. The summed E-state index contributed by atoms with van der Waals surface area (Å²) in [5.41, 5.74) is 0.0989. The van der Waals surface area contributed by atoms with Crippen molar-refractivity contribution in [3.63, 3.8) is 0 Å². The summed E-state index contributed by atoms with van der Waals surface area (Å²) in [6, 6.07) is 4.50. The topological polar surface area (TPSA) is 41.6 Å². The van der Waals surface area contributed by atoms with E-state index in [1.54, 1.807) is 18.0 Å². The summed E-state index contributed by atoms with van der Waals surface area (Å²) in [5.74, 6) is -0.393. The molecule has 1 aromatic rings. The molecule has 1 heterocycles. The van der Waals surface area contributed by atoms with Crippen molar-refractivity contribution in [1.29, 1.82) is 0 Å². The maximum Gasteiger partial charge on any atom is 0.256 e. The number of methoxy groups -OCH3 is 1. The molecule has 1 N–H and O–H groups in total.